The Hall–Kier alpha value is -0.0800. The molecule has 2 aliphatic rings. The average molecular weight is 168 g/mol. The van der Waals surface area contributed by atoms with Crippen LogP contribution in [0.4, 0.5) is 0 Å². The van der Waals surface area contributed by atoms with Crippen molar-refractivity contribution in [2.75, 3.05) is 26.2 Å². The molecule has 0 radical (unpaired) electrons. The highest BCUT2D eigenvalue weighted by Crippen LogP contribution is 2.27. The molecule has 0 aromatic heterocycles. The standard InChI is InChI=1S/C10H20N2/c1-9-7-11-5-6-12(9)8-10-3-2-4-10/h9-11H,2-8H2,1H3. The smallest absolute Gasteiger partial charge is 0.0193 e. The van der Waals surface area contributed by atoms with Crippen molar-refractivity contribution in [2.24, 2.45) is 5.92 Å². The van der Waals surface area contributed by atoms with Crippen molar-refractivity contribution in [3.8, 4) is 0 Å². The van der Waals surface area contributed by atoms with Crippen molar-refractivity contribution in [3.05, 3.63) is 0 Å². The zero-order valence-electron chi connectivity index (χ0n) is 8.05. The lowest BCUT2D eigenvalue weighted by Crippen LogP contribution is -2.51. The molecule has 2 rings (SSSR count). The van der Waals surface area contributed by atoms with Gasteiger partial charge in [0.1, 0.15) is 0 Å². The fourth-order valence-corrected chi connectivity index (χ4v) is 2.16. The molecule has 1 N–H and O–H groups in total. The normalized spacial score (nSPS) is 33.2. The average Bonchev–Trinajstić information content (AvgIpc) is 2.00. The zero-order valence-corrected chi connectivity index (χ0v) is 8.05. The summed E-state index contributed by atoms with van der Waals surface area (Å²) < 4.78 is 0. The van der Waals surface area contributed by atoms with E-state index in [0.29, 0.717) is 0 Å². The van der Waals surface area contributed by atoms with Crippen LogP contribution in [0.2, 0.25) is 0 Å². The molecule has 0 amide bonds. The van der Waals surface area contributed by atoms with Gasteiger partial charge in [-0.15, -0.1) is 0 Å². The van der Waals surface area contributed by atoms with E-state index >= 15 is 0 Å². The molecule has 12 heavy (non-hydrogen) atoms. The molecule has 1 aliphatic heterocycles. The van der Waals surface area contributed by atoms with Crippen LogP contribution in [0.5, 0.6) is 0 Å². The minimum absolute atomic E-state index is 0.763. The number of rotatable bonds is 2. The third-order valence-corrected chi connectivity index (χ3v) is 3.36. The summed E-state index contributed by atoms with van der Waals surface area (Å²) in [4.78, 5) is 2.65. The number of nitrogens with one attached hydrogen (secondary N) is 1. The molecule has 1 saturated carbocycles. The molecular weight excluding hydrogens is 148 g/mol. The largest absolute Gasteiger partial charge is 0.314 e. The molecule has 1 heterocycles. The Bertz CT molecular complexity index is 143. The SMILES string of the molecule is CC1CNCCN1CC1CCC1. The maximum atomic E-state index is 3.43. The topological polar surface area (TPSA) is 15.3 Å². The Morgan fingerprint density at radius 2 is 2.25 bits per heavy atom. The minimum atomic E-state index is 0.763. The zero-order chi connectivity index (χ0) is 8.39. The van der Waals surface area contributed by atoms with Crippen LogP contribution >= 0.6 is 0 Å². The van der Waals surface area contributed by atoms with Crippen molar-refractivity contribution in [2.45, 2.75) is 32.2 Å². The summed E-state index contributed by atoms with van der Waals surface area (Å²) in [6, 6.07) is 0.763. The van der Waals surface area contributed by atoms with Gasteiger partial charge < -0.3 is 5.32 Å². The first-order valence-corrected chi connectivity index (χ1v) is 5.31. The van der Waals surface area contributed by atoms with Gasteiger partial charge in [-0.25, -0.2) is 0 Å². The molecule has 2 nitrogen and oxygen atoms in total. The molecule has 2 fully saturated rings. The van der Waals surface area contributed by atoms with Crippen LogP contribution in [-0.2, 0) is 0 Å². The van der Waals surface area contributed by atoms with Gasteiger partial charge in [0.2, 0.25) is 0 Å². The maximum absolute atomic E-state index is 3.43. The van der Waals surface area contributed by atoms with Gasteiger partial charge in [-0.1, -0.05) is 6.42 Å². The second-order valence-corrected chi connectivity index (χ2v) is 4.35. The highest BCUT2D eigenvalue weighted by Gasteiger charge is 2.24. The van der Waals surface area contributed by atoms with Crippen LogP contribution in [0.3, 0.4) is 0 Å². The highest BCUT2D eigenvalue weighted by atomic mass is 15.2. The summed E-state index contributed by atoms with van der Waals surface area (Å²) in [5.41, 5.74) is 0. The number of nitrogens with zero attached hydrogens (tertiary/aromatic N) is 1. The maximum Gasteiger partial charge on any atom is 0.0193 e. The molecule has 0 aromatic carbocycles. The van der Waals surface area contributed by atoms with Crippen molar-refractivity contribution in [1.29, 1.82) is 0 Å². The van der Waals surface area contributed by atoms with Gasteiger partial charge in [0.15, 0.2) is 0 Å². The Kier molecular flexibility index (Phi) is 2.66. The monoisotopic (exact) mass is 168 g/mol. The van der Waals surface area contributed by atoms with Gasteiger partial charge in [0.05, 0.1) is 0 Å². The van der Waals surface area contributed by atoms with Crippen molar-refractivity contribution in [3.63, 3.8) is 0 Å². The van der Waals surface area contributed by atoms with Crippen LogP contribution < -0.4 is 5.32 Å². The molecule has 0 bridgehead atoms. The van der Waals surface area contributed by atoms with Crippen LogP contribution in [-0.4, -0.2) is 37.1 Å². The van der Waals surface area contributed by atoms with E-state index in [0.717, 1.165) is 12.0 Å². The first-order chi connectivity index (χ1) is 5.86. The van der Waals surface area contributed by atoms with E-state index in [2.05, 4.69) is 17.1 Å². The van der Waals surface area contributed by atoms with Crippen LogP contribution in [0.15, 0.2) is 0 Å². The minimum Gasteiger partial charge on any atom is -0.314 e. The molecule has 1 atom stereocenters. The Morgan fingerprint density at radius 1 is 1.42 bits per heavy atom. The fourth-order valence-electron chi connectivity index (χ4n) is 2.16. The van der Waals surface area contributed by atoms with Crippen molar-refractivity contribution < 1.29 is 0 Å². The summed E-state index contributed by atoms with van der Waals surface area (Å²) in [6.07, 6.45) is 4.44. The van der Waals surface area contributed by atoms with Gasteiger partial charge in [0, 0.05) is 32.2 Å². The second kappa shape index (κ2) is 3.75. The van der Waals surface area contributed by atoms with Crippen molar-refractivity contribution >= 4 is 0 Å². The molecule has 1 aliphatic carbocycles. The van der Waals surface area contributed by atoms with Crippen LogP contribution in [0.1, 0.15) is 26.2 Å². The molecule has 0 spiro atoms. The van der Waals surface area contributed by atoms with Gasteiger partial charge in [-0.05, 0) is 25.7 Å². The van der Waals surface area contributed by atoms with Crippen molar-refractivity contribution in [1.82, 2.24) is 10.2 Å². The summed E-state index contributed by atoms with van der Waals surface area (Å²) in [5.74, 6) is 1.03. The van der Waals surface area contributed by atoms with E-state index in [1.165, 1.54) is 45.4 Å². The third-order valence-electron chi connectivity index (χ3n) is 3.36. The van der Waals surface area contributed by atoms with Crippen LogP contribution in [0, 0.1) is 5.92 Å². The number of hydrogen-bond acceptors (Lipinski definition) is 2. The number of hydrogen-bond donors (Lipinski definition) is 1. The van der Waals surface area contributed by atoms with E-state index in [1.54, 1.807) is 0 Å². The Balaban J connectivity index is 1.76. The third kappa shape index (κ3) is 1.80. The van der Waals surface area contributed by atoms with E-state index in [-0.39, 0.29) is 0 Å². The molecule has 2 heteroatoms. The summed E-state index contributed by atoms with van der Waals surface area (Å²) in [6.45, 7) is 7.34. The molecule has 70 valence electrons. The van der Waals surface area contributed by atoms with E-state index in [4.69, 9.17) is 0 Å². The second-order valence-electron chi connectivity index (χ2n) is 4.35. The summed E-state index contributed by atoms with van der Waals surface area (Å²) in [7, 11) is 0. The van der Waals surface area contributed by atoms with Gasteiger partial charge in [-0.3, -0.25) is 4.90 Å². The predicted octanol–water partition coefficient (Wildman–Crippen LogP) is 1.08. The first-order valence-electron chi connectivity index (χ1n) is 5.31. The van der Waals surface area contributed by atoms with E-state index < -0.39 is 0 Å². The lowest BCUT2D eigenvalue weighted by molar-refractivity contribution is 0.119. The molecule has 1 saturated heterocycles. The van der Waals surface area contributed by atoms with E-state index in [9.17, 15) is 0 Å². The summed E-state index contributed by atoms with van der Waals surface area (Å²) >= 11 is 0. The first kappa shape index (κ1) is 8.52. The summed E-state index contributed by atoms with van der Waals surface area (Å²) in [5, 5.41) is 3.43. The lowest BCUT2D eigenvalue weighted by atomic mass is 9.85. The van der Waals surface area contributed by atoms with E-state index in [1.807, 2.05) is 0 Å². The lowest BCUT2D eigenvalue weighted by Gasteiger charge is -2.38. The highest BCUT2D eigenvalue weighted by molar-refractivity contribution is 4.80. The predicted molar refractivity (Wildman–Crippen MR) is 51.2 cm³/mol. The molecular formula is C10H20N2. The quantitative estimate of drug-likeness (QED) is 0.664. The Labute approximate surface area is 75.3 Å². The fraction of sp³-hybridized carbons (Fsp3) is 1.00. The van der Waals surface area contributed by atoms with Gasteiger partial charge >= 0.3 is 0 Å². The molecule has 1 unspecified atom stereocenters. The Morgan fingerprint density at radius 3 is 2.83 bits per heavy atom. The van der Waals surface area contributed by atoms with Gasteiger partial charge in [0.25, 0.3) is 0 Å². The van der Waals surface area contributed by atoms with Crippen LogP contribution in [0.25, 0.3) is 0 Å². The molecule has 0 aromatic rings. The van der Waals surface area contributed by atoms with Gasteiger partial charge in [-0.2, -0.15) is 0 Å². The number of piperazine rings is 1.